The summed E-state index contributed by atoms with van der Waals surface area (Å²) in [4.78, 5) is 30.3. The third-order valence-electron chi connectivity index (χ3n) is 4.02. The van der Waals surface area contributed by atoms with Gasteiger partial charge in [-0.15, -0.1) is 0 Å². The van der Waals surface area contributed by atoms with Crippen LogP contribution in [-0.4, -0.2) is 61.9 Å². The van der Waals surface area contributed by atoms with Crippen LogP contribution in [0.5, 0.6) is 0 Å². The van der Waals surface area contributed by atoms with Gasteiger partial charge in [-0.25, -0.2) is 0 Å². The third-order valence-corrected chi connectivity index (χ3v) is 4.02. The van der Waals surface area contributed by atoms with Gasteiger partial charge in [0.15, 0.2) is 5.96 Å². The Labute approximate surface area is 162 Å². The molecule has 0 aliphatic heterocycles. The molecule has 0 aliphatic carbocycles. The second-order valence-corrected chi connectivity index (χ2v) is 5.98. The summed E-state index contributed by atoms with van der Waals surface area (Å²) in [5.41, 5.74) is 0.661. The first-order valence-electron chi connectivity index (χ1n) is 9.75. The van der Waals surface area contributed by atoms with E-state index in [9.17, 15) is 9.59 Å². The van der Waals surface area contributed by atoms with Crippen molar-refractivity contribution in [1.82, 2.24) is 20.9 Å². The van der Waals surface area contributed by atoms with Crippen LogP contribution in [0.25, 0.3) is 0 Å². The standard InChI is InChI=1S/C20H33N5O2/c1-4-21-20(24-16-13-18(26)25(5-2)6-3)23-15-10-14-22-19(27)17-11-8-7-9-12-17/h7-9,11-12H,4-6,10,13-16H2,1-3H3,(H,22,27)(H2,21,23,24). The van der Waals surface area contributed by atoms with Gasteiger partial charge in [0.25, 0.3) is 5.91 Å². The number of nitrogens with one attached hydrogen (secondary N) is 3. The van der Waals surface area contributed by atoms with E-state index in [2.05, 4.69) is 20.9 Å². The topological polar surface area (TPSA) is 85.8 Å². The van der Waals surface area contributed by atoms with Gasteiger partial charge in [-0.1, -0.05) is 18.2 Å². The molecule has 0 unspecified atom stereocenters. The molecule has 7 nitrogen and oxygen atoms in total. The molecule has 0 atom stereocenters. The molecule has 0 spiro atoms. The lowest BCUT2D eigenvalue weighted by Crippen LogP contribution is -2.40. The number of carbonyl (C=O) groups is 2. The van der Waals surface area contributed by atoms with E-state index in [0.717, 1.165) is 26.1 Å². The number of rotatable bonds is 11. The van der Waals surface area contributed by atoms with Crippen LogP contribution < -0.4 is 16.0 Å². The summed E-state index contributed by atoms with van der Waals surface area (Å²) in [6.45, 7) is 9.89. The molecule has 1 rings (SSSR count). The summed E-state index contributed by atoms with van der Waals surface area (Å²) in [6.07, 6.45) is 1.19. The minimum Gasteiger partial charge on any atom is -0.357 e. The molecule has 0 aromatic heterocycles. The van der Waals surface area contributed by atoms with E-state index in [1.807, 2.05) is 43.9 Å². The molecule has 0 heterocycles. The fraction of sp³-hybridized carbons (Fsp3) is 0.550. The molecule has 0 radical (unpaired) electrons. The predicted octanol–water partition coefficient (Wildman–Crippen LogP) is 1.62. The first-order chi connectivity index (χ1) is 13.1. The van der Waals surface area contributed by atoms with Crippen LogP contribution in [0.2, 0.25) is 0 Å². The number of amides is 2. The Morgan fingerprint density at radius 1 is 0.963 bits per heavy atom. The van der Waals surface area contributed by atoms with Crippen molar-refractivity contribution in [1.29, 1.82) is 0 Å². The molecule has 0 bridgehead atoms. The predicted molar refractivity (Wildman–Crippen MR) is 110 cm³/mol. The first kappa shape index (κ1) is 22.5. The number of nitrogens with zero attached hydrogens (tertiary/aromatic N) is 2. The molecule has 1 aromatic rings. The van der Waals surface area contributed by atoms with Gasteiger partial charge in [-0.3, -0.25) is 14.6 Å². The highest BCUT2D eigenvalue weighted by Gasteiger charge is 2.09. The highest BCUT2D eigenvalue weighted by atomic mass is 16.2. The minimum atomic E-state index is -0.0699. The van der Waals surface area contributed by atoms with Crippen molar-refractivity contribution in [2.45, 2.75) is 33.6 Å². The highest BCUT2D eigenvalue weighted by molar-refractivity contribution is 5.94. The largest absolute Gasteiger partial charge is 0.357 e. The molecular weight excluding hydrogens is 342 g/mol. The number of hydrogen-bond acceptors (Lipinski definition) is 3. The maximum Gasteiger partial charge on any atom is 0.251 e. The molecule has 150 valence electrons. The van der Waals surface area contributed by atoms with Crippen molar-refractivity contribution >= 4 is 17.8 Å². The van der Waals surface area contributed by atoms with E-state index in [0.29, 0.717) is 37.6 Å². The average molecular weight is 376 g/mol. The van der Waals surface area contributed by atoms with Crippen molar-refractivity contribution in [3.05, 3.63) is 35.9 Å². The molecule has 0 saturated heterocycles. The monoisotopic (exact) mass is 375 g/mol. The second kappa shape index (κ2) is 13.6. The Balaban J connectivity index is 2.30. The summed E-state index contributed by atoms with van der Waals surface area (Å²) in [5, 5.41) is 9.24. The van der Waals surface area contributed by atoms with E-state index >= 15 is 0 Å². The van der Waals surface area contributed by atoms with Crippen molar-refractivity contribution in [3.8, 4) is 0 Å². The van der Waals surface area contributed by atoms with Crippen LogP contribution in [0.4, 0.5) is 0 Å². The molecule has 27 heavy (non-hydrogen) atoms. The van der Waals surface area contributed by atoms with Crippen LogP contribution in [0.1, 0.15) is 44.0 Å². The minimum absolute atomic E-state index is 0.0699. The van der Waals surface area contributed by atoms with Crippen molar-refractivity contribution in [2.24, 2.45) is 4.99 Å². The van der Waals surface area contributed by atoms with E-state index in [4.69, 9.17) is 0 Å². The van der Waals surface area contributed by atoms with Crippen molar-refractivity contribution in [3.63, 3.8) is 0 Å². The fourth-order valence-electron chi connectivity index (χ4n) is 2.53. The molecule has 7 heteroatoms. The van der Waals surface area contributed by atoms with E-state index < -0.39 is 0 Å². The Hall–Kier alpha value is -2.57. The van der Waals surface area contributed by atoms with Crippen LogP contribution in [-0.2, 0) is 4.79 Å². The number of aliphatic imine (C=N–C) groups is 1. The van der Waals surface area contributed by atoms with Crippen LogP contribution in [0.3, 0.4) is 0 Å². The maximum absolute atomic E-state index is 12.0. The van der Waals surface area contributed by atoms with Gasteiger partial charge in [-0.2, -0.15) is 0 Å². The molecule has 0 fully saturated rings. The molecule has 0 saturated carbocycles. The quantitative estimate of drug-likeness (QED) is 0.312. The van der Waals surface area contributed by atoms with Gasteiger partial charge >= 0.3 is 0 Å². The molecular formula is C20H33N5O2. The zero-order valence-electron chi connectivity index (χ0n) is 16.8. The van der Waals surface area contributed by atoms with Crippen LogP contribution >= 0.6 is 0 Å². The first-order valence-corrected chi connectivity index (χ1v) is 9.75. The van der Waals surface area contributed by atoms with Gasteiger partial charge in [0, 0.05) is 51.3 Å². The van der Waals surface area contributed by atoms with Crippen molar-refractivity contribution in [2.75, 3.05) is 39.3 Å². The summed E-state index contributed by atoms with van der Waals surface area (Å²) in [6, 6.07) is 9.16. The van der Waals surface area contributed by atoms with Gasteiger partial charge in [-0.05, 0) is 39.3 Å². The summed E-state index contributed by atoms with van der Waals surface area (Å²) in [7, 11) is 0. The number of hydrogen-bond donors (Lipinski definition) is 3. The zero-order chi connectivity index (χ0) is 19.9. The Morgan fingerprint density at radius 2 is 1.67 bits per heavy atom. The molecule has 2 amide bonds. The van der Waals surface area contributed by atoms with Gasteiger partial charge in [0.1, 0.15) is 0 Å². The molecule has 1 aromatic carbocycles. The van der Waals surface area contributed by atoms with Gasteiger partial charge < -0.3 is 20.9 Å². The van der Waals surface area contributed by atoms with E-state index in [1.54, 1.807) is 12.1 Å². The lowest BCUT2D eigenvalue weighted by molar-refractivity contribution is -0.130. The fourth-order valence-corrected chi connectivity index (χ4v) is 2.53. The zero-order valence-corrected chi connectivity index (χ0v) is 16.8. The number of benzene rings is 1. The number of carbonyl (C=O) groups excluding carboxylic acids is 2. The lowest BCUT2D eigenvalue weighted by Gasteiger charge is -2.19. The molecule has 3 N–H and O–H groups in total. The Bertz CT molecular complexity index is 585. The maximum atomic E-state index is 12.0. The lowest BCUT2D eigenvalue weighted by atomic mass is 10.2. The van der Waals surface area contributed by atoms with E-state index in [-0.39, 0.29) is 11.8 Å². The smallest absolute Gasteiger partial charge is 0.251 e. The SMILES string of the molecule is CCNC(=NCCCNC(=O)c1ccccc1)NCCC(=O)N(CC)CC. The second-order valence-electron chi connectivity index (χ2n) is 5.98. The van der Waals surface area contributed by atoms with Crippen LogP contribution in [0.15, 0.2) is 35.3 Å². The average Bonchev–Trinajstić information content (AvgIpc) is 2.69. The Morgan fingerprint density at radius 3 is 2.30 bits per heavy atom. The summed E-state index contributed by atoms with van der Waals surface area (Å²) >= 11 is 0. The van der Waals surface area contributed by atoms with Gasteiger partial charge in [0.05, 0.1) is 0 Å². The van der Waals surface area contributed by atoms with Crippen LogP contribution in [0, 0.1) is 0 Å². The van der Waals surface area contributed by atoms with E-state index in [1.165, 1.54) is 0 Å². The number of guanidine groups is 1. The van der Waals surface area contributed by atoms with Crippen molar-refractivity contribution < 1.29 is 9.59 Å². The third kappa shape index (κ3) is 9.08. The highest BCUT2D eigenvalue weighted by Crippen LogP contribution is 1.97. The normalized spacial score (nSPS) is 11.0. The molecule has 0 aliphatic rings. The summed E-state index contributed by atoms with van der Waals surface area (Å²) in [5.74, 6) is 0.769. The Kier molecular flexibility index (Phi) is 11.3. The summed E-state index contributed by atoms with van der Waals surface area (Å²) < 4.78 is 0. The van der Waals surface area contributed by atoms with Gasteiger partial charge in [0.2, 0.25) is 5.91 Å².